The zero-order valence-electron chi connectivity index (χ0n) is 28.9. The van der Waals surface area contributed by atoms with E-state index in [9.17, 15) is 19.8 Å². The SMILES string of the molecule is CCCCN(CCCC)C(=O)c1cc(C)n(-c2ccc(NC(=O)Nc3ccc(SC)cc3)cc2C(O)N2Cc3ccccc3CC2CO)n1. The van der Waals surface area contributed by atoms with Gasteiger partial charge in [-0.15, -0.1) is 11.8 Å². The highest BCUT2D eigenvalue weighted by Crippen LogP contribution is 2.34. The smallest absolute Gasteiger partial charge is 0.323 e. The van der Waals surface area contributed by atoms with Crippen LogP contribution in [0, 0.1) is 6.92 Å². The molecule has 0 bridgehead atoms. The molecule has 0 aliphatic carbocycles. The van der Waals surface area contributed by atoms with Gasteiger partial charge in [-0.3, -0.25) is 9.69 Å². The van der Waals surface area contributed by atoms with Gasteiger partial charge in [0.15, 0.2) is 5.69 Å². The minimum atomic E-state index is -1.15. The largest absolute Gasteiger partial charge is 0.395 e. The van der Waals surface area contributed by atoms with E-state index in [4.69, 9.17) is 5.10 Å². The van der Waals surface area contributed by atoms with Crippen LogP contribution >= 0.6 is 11.8 Å². The van der Waals surface area contributed by atoms with E-state index in [0.29, 0.717) is 54.4 Å². The second-order valence-corrected chi connectivity index (χ2v) is 13.4. The molecule has 0 spiro atoms. The molecule has 10 nitrogen and oxygen atoms in total. The first-order chi connectivity index (χ1) is 23.8. The average Bonchev–Trinajstić information content (AvgIpc) is 3.51. The number of nitrogens with zero attached hydrogens (tertiary/aromatic N) is 4. The van der Waals surface area contributed by atoms with Crippen molar-refractivity contribution in [3.8, 4) is 5.69 Å². The lowest BCUT2D eigenvalue weighted by atomic mass is 9.93. The average molecular weight is 685 g/mol. The molecule has 1 aliphatic heterocycles. The molecule has 0 saturated heterocycles. The van der Waals surface area contributed by atoms with Gasteiger partial charge in [-0.05, 0) is 92.1 Å². The maximum absolute atomic E-state index is 13.7. The summed E-state index contributed by atoms with van der Waals surface area (Å²) in [6, 6.07) is 22.0. The zero-order valence-corrected chi connectivity index (χ0v) is 29.7. The number of urea groups is 1. The number of rotatable bonds is 14. The van der Waals surface area contributed by atoms with Crippen molar-refractivity contribution in [3.05, 3.63) is 101 Å². The number of benzene rings is 3. The highest BCUT2D eigenvalue weighted by molar-refractivity contribution is 7.98. The van der Waals surface area contributed by atoms with Gasteiger partial charge in [0.1, 0.15) is 6.23 Å². The molecule has 0 fully saturated rings. The van der Waals surface area contributed by atoms with Crippen LogP contribution in [0.3, 0.4) is 0 Å². The molecule has 0 radical (unpaired) electrons. The standard InChI is InChI=1S/C38H48N6O4S/c1-5-7-19-42(20-8-6-2)37(47)34-21-26(3)44(41-34)35-18-15-30(40-38(48)39-29-13-16-32(49-4)17-14-29)23-33(35)36(46)43-24-28-12-10-9-11-27(28)22-31(43)25-45/h9-18,21,23,31,36,45-46H,5-8,19-20,22,24-25H2,1-4H3,(H2,39,40,48). The highest BCUT2D eigenvalue weighted by atomic mass is 32.2. The Kier molecular flexibility index (Phi) is 12.5. The summed E-state index contributed by atoms with van der Waals surface area (Å²) in [5, 5.41) is 33.1. The Bertz CT molecular complexity index is 1720. The molecule has 49 heavy (non-hydrogen) atoms. The first-order valence-electron chi connectivity index (χ1n) is 17.1. The third-order valence-corrected chi connectivity index (χ3v) is 9.76. The Morgan fingerprint density at radius 1 is 0.959 bits per heavy atom. The second kappa shape index (κ2) is 17.0. The number of unbranched alkanes of at least 4 members (excludes halogenated alkanes) is 2. The molecule has 3 aromatic carbocycles. The number of fused-ring (bicyclic) bond motifs is 1. The van der Waals surface area contributed by atoms with Crippen molar-refractivity contribution < 1.29 is 19.8 Å². The number of aromatic nitrogens is 2. The zero-order chi connectivity index (χ0) is 34.9. The monoisotopic (exact) mass is 684 g/mol. The van der Waals surface area contributed by atoms with Crippen LogP contribution < -0.4 is 10.6 Å². The van der Waals surface area contributed by atoms with Crippen molar-refractivity contribution >= 4 is 35.1 Å². The summed E-state index contributed by atoms with van der Waals surface area (Å²) in [6.45, 7) is 7.75. The summed E-state index contributed by atoms with van der Waals surface area (Å²) in [4.78, 5) is 31.6. The van der Waals surface area contributed by atoms with Crippen LogP contribution in [0.5, 0.6) is 0 Å². The van der Waals surface area contributed by atoms with E-state index in [0.717, 1.165) is 47.4 Å². The normalized spacial score (nSPS) is 15.0. The molecule has 5 rings (SSSR count). The minimum Gasteiger partial charge on any atom is -0.395 e. The fraction of sp³-hybridized carbons (Fsp3) is 0.395. The van der Waals surface area contributed by atoms with Gasteiger partial charge in [-0.1, -0.05) is 51.0 Å². The van der Waals surface area contributed by atoms with E-state index in [2.05, 4.69) is 30.5 Å². The van der Waals surface area contributed by atoms with E-state index in [1.807, 2.05) is 65.4 Å². The van der Waals surface area contributed by atoms with Crippen LogP contribution in [0.15, 0.2) is 77.7 Å². The summed E-state index contributed by atoms with van der Waals surface area (Å²) in [5.41, 5.74) is 5.49. The number of nitrogens with one attached hydrogen (secondary N) is 2. The van der Waals surface area contributed by atoms with E-state index >= 15 is 0 Å². The number of carbonyl (C=O) groups excluding carboxylic acids is 2. The predicted octanol–water partition coefficient (Wildman–Crippen LogP) is 7.00. The predicted molar refractivity (Wildman–Crippen MR) is 196 cm³/mol. The van der Waals surface area contributed by atoms with Crippen LogP contribution in [0.25, 0.3) is 5.69 Å². The van der Waals surface area contributed by atoms with Crippen LogP contribution in [-0.4, -0.2) is 73.7 Å². The summed E-state index contributed by atoms with van der Waals surface area (Å²) in [5.74, 6) is -0.112. The molecule has 3 amide bonds. The van der Waals surface area contributed by atoms with Crippen molar-refractivity contribution in [1.82, 2.24) is 19.6 Å². The lowest BCUT2D eigenvalue weighted by Gasteiger charge is -2.39. The molecule has 2 atom stereocenters. The van der Waals surface area contributed by atoms with Gasteiger partial charge in [-0.25, -0.2) is 9.48 Å². The number of anilines is 2. The number of hydrogen-bond acceptors (Lipinski definition) is 7. The Hall–Kier alpha value is -4.16. The molecule has 11 heteroatoms. The van der Waals surface area contributed by atoms with Crippen LogP contribution in [-0.2, 0) is 13.0 Å². The maximum atomic E-state index is 13.7. The molecule has 1 aliphatic rings. The third-order valence-electron chi connectivity index (χ3n) is 9.02. The first-order valence-corrected chi connectivity index (χ1v) is 18.3. The Labute approximate surface area is 293 Å². The fourth-order valence-electron chi connectivity index (χ4n) is 6.24. The van der Waals surface area contributed by atoms with Gasteiger partial charge < -0.3 is 25.7 Å². The molecule has 2 unspecified atom stereocenters. The van der Waals surface area contributed by atoms with Crippen molar-refractivity contribution in [3.63, 3.8) is 0 Å². The number of aliphatic hydroxyl groups excluding tert-OH is 2. The van der Waals surface area contributed by atoms with Crippen molar-refractivity contribution in [2.24, 2.45) is 0 Å². The summed E-state index contributed by atoms with van der Waals surface area (Å²) in [7, 11) is 0. The maximum Gasteiger partial charge on any atom is 0.323 e. The fourth-order valence-corrected chi connectivity index (χ4v) is 6.65. The summed E-state index contributed by atoms with van der Waals surface area (Å²) >= 11 is 1.62. The number of aryl methyl sites for hydroxylation is 1. The first kappa shape index (κ1) is 36.1. The van der Waals surface area contributed by atoms with Gasteiger partial charge in [0.2, 0.25) is 0 Å². The topological polar surface area (TPSA) is 123 Å². The molecule has 4 N–H and O–H groups in total. The van der Waals surface area contributed by atoms with E-state index in [1.165, 1.54) is 0 Å². The van der Waals surface area contributed by atoms with Crippen LogP contribution in [0.1, 0.15) is 78.6 Å². The molecule has 4 aromatic rings. The quantitative estimate of drug-likeness (QED) is 0.106. The van der Waals surface area contributed by atoms with Crippen LogP contribution in [0.2, 0.25) is 0 Å². The van der Waals surface area contributed by atoms with Crippen molar-refractivity contribution in [1.29, 1.82) is 0 Å². The van der Waals surface area contributed by atoms with E-state index in [-0.39, 0.29) is 18.6 Å². The highest BCUT2D eigenvalue weighted by Gasteiger charge is 2.33. The number of aliphatic hydroxyl groups is 2. The third kappa shape index (κ3) is 8.72. The van der Waals surface area contributed by atoms with Gasteiger partial charge in [0.25, 0.3) is 5.91 Å². The van der Waals surface area contributed by atoms with E-state index in [1.54, 1.807) is 40.7 Å². The van der Waals surface area contributed by atoms with Gasteiger partial charge in [-0.2, -0.15) is 5.10 Å². The van der Waals surface area contributed by atoms with Gasteiger partial charge in [0, 0.05) is 53.2 Å². The molecule has 1 aromatic heterocycles. The Balaban J connectivity index is 1.49. The molecular formula is C38H48N6O4S. The van der Waals surface area contributed by atoms with Gasteiger partial charge in [0.05, 0.1) is 12.3 Å². The number of thioether (sulfide) groups is 1. The summed E-state index contributed by atoms with van der Waals surface area (Å²) in [6.07, 6.45) is 5.24. The van der Waals surface area contributed by atoms with Crippen molar-refractivity contribution in [2.75, 3.05) is 36.6 Å². The van der Waals surface area contributed by atoms with Crippen LogP contribution in [0.4, 0.5) is 16.2 Å². The molecule has 260 valence electrons. The lowest BCUT2D eigenvalue weighted by molar-refractivity contribution is -0.0529. The summed E-state index contributed by atoms with van der Waals surface area (Å²) < 4.78 is 1.69. The minimum absolute atomic E-state index is 0.112. The van der Waals surface area contributed by atoms with Crippen molar-refractivity contribution in [2.45, 2.75) is 76.6 Å². The second-order valence-electron chi connectivity index (χ2n) is 12.5. The number of amides is 3. The number of carbonyl (C=O) groups is 2. The Morgan fingerprint density at radius 3 is 2.27 bits per heavy atom. The van der Waals surface area contributed by atoms with Gasteiger partial charge >= 0.3 is 6.03 Å². The molecule has 2 heterocycles. The molecular weight excluding hydrogens is 637 g/mol. The molecule has 0 saturated carbocycles. The number of hydrogen-bond donors (Lipinski definition) is 4. The Morgan fingerprint density at radius 2 is 1.61 bits per heavy atom. The van der Waals surface area contributed by atoms with E-state index < -0.39 is 12.3 Å². The lowest BCUT2D eigenvalue weighted by Crippen LogP contribution is -2.45.